The molecule has 1 aromatic rings. The van der Waals surface area contributed by atoms with Crippen molar-refractivity contribution in [2.45, 2.75) is 51.2 Å². The second kappa shape index (κ2) is 5.75. The second-order valence-corrected chi connectivity index (χ2v) is 4.82. The van der Waals surface area contributed by atoms with Crippen LogP contribution in [-0.2, 0) is 6.18 Å². The minimum absolute atomic E-state index is 0.198. The molecular weight excluding hydrogens is 255 g/mol. The van der Waals surface area contributed by atoms with E-state index in [1.807, 2.05) is 11.8 Å². The third-order valence-corrected chi connectivity index (χ3v) is 3.55. The predicted molar refractivity (Wildman–Crippen MR) is 66.9 cm³/mol. The maximum atomic E-state index is 12.7. The molecule has 0 N–H and O–H groups in total. The molecule has 0 aliphatic heterocycles. The van der Waals surface area contributed by atoms with Gasteiger partial charge in [-0.15, -0.1) is 0 Å². The van der Waals surface area contributed by atoms with E-state index < -0.39 is 11.9 Å². The summed E-state index contributed by atoms with van der Waals surface area (Å²) in [4.78, 5) is 9.59. The summed E-state index contributed by atoms with van der Waals surface area (Å²) >= 11 is 0. The highest BCUT2D eigenvalue weighted by molar-refractivity contribution is 5.32. The zero-order valence-electron chi connectivity index (χ0n) is 11.0. The van der Waals surface area contributed by atoms with E-state index in [1.165, 1.54) is 12.6 Å². The number of alkyl halides is 3. The van der Waals surface area contributed by atoms with Gasteiger partial charge >= 0.3 is 6.18 Å². The number of hydrogen-bond donors (Lipinski definition) is 0. The number of anilines is 1. The average molecular weight is 273 g/mol. The van der Waals surface area contributed by atoms with Crippen LogP contribution in [-0.4, -0.2) is 22.6 Å². The summed E-state index contributed by atoms with van der Waals surface area (Å²) in [5.41, 5.74) is -0.869. The van der Waals surface area contributed by atoms with Gasteiger partial charge in [0, 0.05) is 18.8 Å². The van der Waals surface area contributed by atoms with E-state index in [2.05, 4.69) is 9.97 Å². The van der Waals surface area contributed by atoms with Crippen molar-refractivity contribution in [3.63, 3.8) is 0 Å². The number of rotatable bonds is 3. The Morgan fingerprint density at radius 2 is 1.95 bits per heavy atom. The van der Waals surface area contributed by atoms with Gasteiger partial charge in [-0.25, -0.2) is 9.97 Å². The quantitative estimate of drug-likeness (QED) is 0.841. The first-order valence-electron chi connectivity index (χ1n) is 6.69. The van der Waals surface area contributed by atoms with Gasteiger partial charge in [-0.2, -0.15) is 13.2 Å². The van der Waals surface area contributed by atoms with Gasteiger partial charge < -0.3 is 4.90 Å². The van der Waals surface area contributed by atoms with Crippen molar-refractivity contribution in [2.24, 2.45) is 0 Å². The maximum absolute atomic E-state index is 12.7. The Hall–Kier alpha value is -1.33. The van der Waals surface area contributed by atoms with Gasteiger partial charge in [0.25, 0.3) is 0 Å². The molecule has 6 heteroatoms. The molecular formula is C13H18F3N3. The first kappa shape index (κ1) is 14.1. The Bertz CT molecular complexity index is 414. The molecule has 19 heavy (non-hydrogen) atoms. The number of hydrogen-bond acceptors (Lipinski definition) is 3. The topological polar surface area (TPSA) is 29.0 Å². The van der Waals surface area contributed by atoms with Gasteiger partial charge in [-0.3, -0.25) is 0 Å². The standard InChI is InChI=1S/C13H18F3N3/c1-2-19(10-6-4-3-5-7-10)12-17-9-8-11(18-12)13(14,15)16/h8-10H,2-7H2,1H3. The Morgan fingerprint density at radius 3 is 2.53 bits per heavy atom. The lowest BCUT2D eigenvalue weighted by Gasteiger charge is -2.33. The van der Waals surface area contributed by atoms with E-state index in [1.54, 1.807) is 0 Å². The average Bonchev–Trinajstić information content (AvgIpc) is 2.40. The van der Waals surface area contributed by atoms with E-state index in [-0.39, 0.29) is 12.0 Å². The van der Waals surface area contributed by atoms with Crippen LogP contribution in [0.4, 0.5) is 19.1 Å². The van der Waals surface area contributed by atoms with E-state index >= 15 is 0 Å². The van der Waals surface area contributed by atoms with Crippen LogP contribution in [0.2, 0.25) is 0 Å². The SMILES string of the molecule is CCN(c1nccc(C(F)(F)F)n1)C1CCCCC1. The molecule has 1 aromatic heterocycles. The Morgan fingerprint density at radius 1 is 1.26 bits per heavy atom. The van der Waals surface area contributed by atoms with Crippen LogP contribution in [0.3, 0.4) is 0 Å². The highest BCUT2D eigenvalue weighted by Crippen LogP contribution is 2.30. The van der Waals surface area contributed by atoms with Crippen molar-refractivity contribution in [3.05, 3.63) is 18.0 Å². The monoisotopic (exact) mass is 273 g/mol. The minimum atomic E-state index is -4.41. The fourth-order valence-electron chi connectivity index (χ4n) is 2.60. The summed E-state index contributed by atoms with van der Waals surface area (Å²) in [7, 11) is 0. The van der Waals surface area contributed by atoms with Gasteiger partial charge in [0.05, 0.1) is 0 Å². The van der Waals surface area contributed by atoms with Crippen LogP contribution in [0.1, 0.15) is 44.7 Å². The van der Waals surface area contributed by atoms with E-state index in [0.717, 1.165) is 31.7 Å². The normalized spacial score (nSPS) is 17.5. The van der Waals surface area contributed by atoms with Crippen molar-refractivity contribution in [1.82, 2.24) is 9.97 Å². The lowest BCUT2D eigenvalue weighted by Crippen LogP contribution is -2.38. The molecule has 1 aliphatic rings. The molecule has 1 heterocycles. The molecule has 2 rings (SSSR count). The third-order valence-electron chi connectivity index (χ3n) is 3.55. The number of aromatic nitrogens is 2. The smallest absolute Gasteiger partial charge is 0.338 e. The summed E-state index contributed by atoms with van der Waals surface area (Å²) in [5, 5.41) is 0. The Labute approximate surface area is 110 Å². The largest absolute Gasteiger partial charge is 0.433 e. The van der Waals surface area contributed by atoms with E-state index in [9.17, 15) is 13.2 Å². The van der Waals surface area contributed by atoms with Gasteiger partial charge in [-0.05, 0) is 25.8 Å². The maximum Gasteiger partial charge on any atom is 0.433 e. The third kappa shape index (κ3) is 3.36. The minimum Gasteiger partial charge on any atom is -0.338 e. The van der Waals surface area contributed by atoms with Crippen molar-refractivity contribution in [3.8, 4) is 0 Å². The number of nitrogens with zero attached hydrogens (tertiary/aromatic N) is 3. The highest BCUT2D eigenvalue weighted by Gasteiger charge is 2.33. The summed E-state index contributed by atoms with van der Waals surface area (Å²) in [6.45, 7) is 2.56. The zero-order valence-corrected chi connectivity index (χ0v) is 11.0. The molecule has 0 unspecified atom stereocenters. The molecule has 0 atom stereocenters. The summed E-state index contributed by atoms with van der Waals surface area (Å²) < 4.78 is 38.0. The Kier molecular flexibility index (Phi) is 4.27. The van der Waals surface area contributed by atoms with Crippen LogP contribution in [0.25, 0.3) is 0 Å². The van der Waals surface area contributed by atoms with Crippen LogP contribution in [0.15, 0.2) is 12.3 Å². The highest BCUT2D eigenvalue weighted by atomic mass is 19.4. The zero-order chi connectivity index (χ0) is 13.9. The second-order valence-electron chi connectivity index (χ2n) is 4.82. The van der Waals surface area contributed by atoms with Crippen LogP contribution < -0.4 is 4.90 Å². The Balaban J connectivity index is 2.22. The first-order chi connectivity index (χ1) is 9.02. The van der Waals surface area contributed by atoms with Crippen molar-refractivity contribution >= 4 is 5.95 Å². The lowest BCUT2D eigenvalue weighted by molar-refractivity contribution is -0.141. The summed E-state index contributed by atoms with van der Waals surface area (Å²) in [5.74, 6) is 0.198. The van der Waals surface area contributed by atoms with Crippen LogP contribution >= 0.6 is 0 Å². The molecule has 0 aromatic carbocycles. The van der Waals surface area contributed by atoms with Gasteiger partial charge in [-0.1, -0.05) is 19.3 Å². The molecule has 3 nitrogen and oxygen atoms in total. The molecule has 0 radical (unpaired) electrons. The van der Waals surface area contributed by atoms with Gasteiger partial charge in [0.15, 0.2) is 0 Å². The molecule has 0 saturated heterocycles. The van der Waals surface area contributed by atoms with Crippen LogP contribution in [0, 0.1) is 0 Å². The molecule has 1 fully saturated rings. The van der Waals surface area contributed by atoms with Crippen LogP contribution in [0.5, 0.6) is 0 Å². The molecule has 1 saturated carbocycles. The number of halogens is 3. The van der Waals surface area contributed by atoms with Gasteiger partial charge in [0.1, 0.15) is 5.69 Å². The fourth-order valence-corrected chi connectivity index (χ4v) is 2.60. The summed E-state index contributed by atoms with van der Waals surface area (Å²) in [6, 6.07) is 1.18. The first-order valence-corrected chi connectivity index (χ1v) is 6.69. The van der Waals surface area contributed by atoms with Crippen molar-refractivity contribution in [2.75, 3.05) is 11.4 Å². The molecule has 0 amide bonds. The van der Waals surface area contributed by atoms with Crippen molar-refractivity contribution < 1.29 is 13.2 Å². The molecule has 0 spiro atoms. The van der Waals surface area contributed by atoms with Crippen molar-refractivity contribution in [1.29, 1.82) is 0 Å². The van der Waals surface area contributed by atoms with E-state index in [0.29, 0.717) is 6.54 Å². The van der Waals surface area contributed by atoms with Gasteiger partial charge in [0.2, 0.25) is 5.95 Å². The molecule has 0 bridgehead atoms. The summed E-state index contributed by atoms with van der Waals surface area (Å²) in [6.07, 6.45) is 2.25. The predicted octanol–water partition coefficient (Wildman–Crippen LogP) is 3.65. The van der Waals surface area contributed by atoms with E-state index in [4.69, 9.17) is 0 Å². The molecule has 106 valence electrons. The lowest BCUT2D eigenvalue weighted by atomic mass is 9.94. The molecule has 1 aliphatic carbocycles. The fraction of sp³-hybridized carbons (Fsp3) is 0.692.